The first-order chi connectivity index (χ1) is 7.75. The third-order valence-corrected chi connectivity index (χ3v) is 2.09. The summed E-state index contributed by atoms with van der Waals surface area (Å²) in [6.45, 7) is 0. The molecule has 80 valence electrons. The van der Waals surface area contributed by atoms with Gasteiger partial charge in [-0.25, -0.2) is 0 Å². The second-order valence-electron chi connectivity index (χ2n) is 3.24. The first-order valence-corrected chi connectivity index (χ1v) is 4.70. The number of benzene rings is 1. The van der Waals surface area contributed by atoms with E-state index in [1.54, 1.807) is 24.7 Å². The van der Waals surface area contributed by atoms with E-state index in [0.717, 1.165) is 11.1 Å². The van der Waals surface area contributed by atoms with Gasteiger partial charge in [0.25, 0.3) is 5.69 Å². The normalized spacial score (nSPS) is 10.8. The maximum atomic E-state index is 10.6. The van der Waals surface area contributed by atoms with Crippen LogP contribution in [0.15, 0.2) is 47.3 Å². The van der Waals surface area contributed by atoms with Crippen LogP contribution in [0.3, 0.4) is 0 Å². The zero-order chi connectivity index (χ0) is 11.4. The first kappa shape index (κ1) is 10.2. The summed E-state index contributed by atoms with van der Waals surface area (Å²) in [5, 5.41) is 10.6. The lowest BCUT2D eigenvalue weighted by molar-refractivity contribution is -0.384. The summed E-state index contributed by atoms with van der Waals surface area (Å²) in [5.74, 6) is 0. The van der Waals surface area contributed by atoms with E-state index in [-0.39, 0.29) is 5.69 Å². The van der Waals surface area contributed by atoms with Crippen molar-refractivity contribution in [2.75, 3.05) is 0 Å². The number of rotatable bonds is 3. The minimum Gasteiger partial charge on any atom is -0.472 e. The number of furan rings is 1. The molecule has 0 bridgehead atoms. The van der Waals surface area contributed by atoms with Crippen molar-refractivity contribution in [1.82, 2.24) is 0 Å². The van der Waals surface area contributed by atoms with Crippen LogP contribution >= 0.6 is 0 Å². The van der Waals surface area contributed by atoms with Gasteiger partial charge in [-0.1, -0.05) is 24.3 Å². The summed E-state index contributed by atoms with van der Waals surface area (Å²) < 4.78 is 4.91. The molecule has 1 aromatic carbocycles. The van der Waals surface area contributed by atoms with Gasteiger partial charge in [-0.05, 0) is 11.6 Å². The molecule has 0 N–H and O–H groups in total. The first-order valence-electron chi connectivity index (χ1n) is 4.70. The molecule has 0 atom stereocenters. The van der Waals surface area contributed by atoms with E-state index in [2.05, 4.69) is 0 Å². The molecule has 4 nitrogen and oxygen atoms in total. The Hall–Kier alpha value is -2.36. The summed E-state index contributed by atoms with van der Waals surface area (Å²) in [6, 6.07) is 8.27. The molecule has 0 saturated heterocycles. The van der Waals surface area contributed by atoms with Gasteiger partial charge in [-0.2, -0.15) is 0 Å². The lowest BCUT2D eigenvalue weighted by Gasteiger charge is -1.93. The van der Waals surface area contributed by atoms with Crippen molar-refractivity contribution in [1.29, 1.82) is 0 Å². The standard InChI is InChI=1S/C12H9NO3/c14-13(15)12-3-1-2-10(8-12)4-5-11-6-7-16-9-11/h1-9H/b5-4+. The molecule has 0 unspecified atom stereocenters. The van der Waals surface area contributed by atoms with Crippen LogP contribution in [0.2, 0.25) is 0 Å². The molecule has 2 aromatic rings. The van der Waals surface area contributed by atoms with E-state index in [1.165, 1.54) is 12.1 Å². The zero-order valence-electron chi connectivity index (χ0n) is 8.37. The van der Waals surface area contributed by atoms with Gasteiger partial charge in [0.15, 0.2) is 0 Å². The van der Waals surface area contributed by atoms with Gasteiger partial charge in [-0.3, -0.25) is 10.1 Å². The lowest BCUT2D eigenvalue weighted by atomic mass is 10.1. The molecule has 16 heavy (non-hydrogen) atoms. The minimum atomic E-state index is -0.408. The van der Waals surface area contributed by atoms with E-state index in [9.17, 15) is 10.1 Å². The van der Waals surface area contributed by atoms with Crippen molar-refractivity contribution in [2.24, 2.45) is 0 Å². The van der Waals surface area contributed by atoms with Crippen molar-refractivity contribution < 1.29 is 9.34 Å². The summed E-state index contributed by atoms with van der Waals surface area (Å²) in [7, 11) is 0. The van der Waals surface area contributed by atoms with Crippen LogP contribution in [0, 0.1) is 10.1 Å². The number of nitro groups is 1. The van der Waals surface area contributed by atoms with E-state index in [0.29, 0.717) is 0 Å². The molecule has 0 radical (unpaired) electrons. The molecule has 0 amide bonds. The smallest absolute Gasteiger partial charge is 0.270 e. The van der Waals surface area contributed by atoms with Gasteiger partial charge in [0, 0.05) is 17.7 Å². The summed E-state index contributed by atoms with van der Waals surface area (Å²) in [5.41, 5.74) is 1.80. The molecule has 0 aliphatic heterocycles. The van der Waals surface area contributed by atoms with Crippen LogP contribution in [-0.2, 0) is 0 Å². The molecule has 0 aliphatic carbocycles. The number of hydrogen-bond acceptors (Lipinski definition) is 3. The molecule has 1 heterocycles. The van der Waals surface area contributed by atoms with E-state index < -0.39 is 4.92 Å². The molecule has 0 aliphatic rings. The predicted molar refractivity (Wildman–Crippen MR) is 60.7 cm³/mol. The monoisotopic (exact) mass is 215 g/mol. The van der Waals surface area contributed by atoms with Crippen molar-refractivity contribution in [3.8, 4) is 0 Å². The third kappa shape index (κ3) is 2.36. The highest BCUT2D eigenvalue weighted by atomic mass is 16.6. The Balaban J connectivity index is 2.22. The van der Waals surface area contributed by atoms with E-state index >= 15 is 0 Å². The number of hydrogen-bond donors (Lipinski definition) is 0. The molecule has 0 spiro atoms. The Morgan fingerprint density at radius 1 is 1.19 bits per heavy atom. The molecule has 0 fully saturated rings. The molecule has 2 rings (SSSR count). The summed E-state index contributed by atoms with van der Waals surface area (Å²) in [6.07, 6.45) is 6.82. The highest BCUT2D eigenvalue weighted by Gasteiger charge is 2.03. The van der Waals surface area contributed by atoms with Gasteiger partial charge in [-0.15, -0.1) is 0 Å². The average molecular weight is 215 g/mol. The fraction of sp³-hybridized carbons (Fsp3) is 0. The lowest BCUT2D eigenvalue weighted by Crippen LogP contribution is -1.87. The van der Waals surface area contributed by atoms with Crippen LogP contribution in [0.4, 0.5) is 5.69 Å². The molecule has 1 aromatic heterocycles. The molecular formula is C12H9NO3. The number of nitro benzene ring substituents is 1. The fourth-order valence-electron chi connectivity index (χ4n) is 1.30. The summed E-state index contributed by atoms with van der Waals surface area (Å²) in [4.78, 5) is 10.1. The van der Waals surface area contributed by atoms with Gasteiger partial charge in [0.1, 0.15) is 0 Å². The van der Waals surface area contributed by atoms with Crippen molar-refractivity contribution >= 4 is 17.8 Å². The van der Waals surface area contributed by atoms with Gasteiger partial charge >= 0.3 is 0 Å². The Morgan fingerprint density at radius 2 is 2.00 bits per heavy atom. The number of non-ortho nitro benzene ring substituents is 1. The fourth-order valence-corrected chi connectivity index (χ4v) is 1.30. The Bertz CT molecular complexity index is 515. The number of nitrogens with zero attached hydrogens (tertiary/aromatic N) is 1. The quantitative estimate of drug-likeness (QED) is 0.582. The SMILES string of the molecule is O=[N+]([O-])c1cccc(/C=C/c2ccoc2)c1. The van der Waals surface area contributed by atoms with Crippen LogP contribution in [0.25, 0.3) is 12.2 Å². The Kier molecular flexibility index (Phi) is 2.82. The second-order valence-corrected chi connectivity index (χ2v) is 3.24. The van der Waals surface area contributed by atoms with Crippen LogP contribution in [0.5, 0.6) is 0 Å². The minimum absolute atomic E-state index is 0.0920. The van der Waals surface area contributed by atoms with Crippen molar-refractivity contribution in [2.45, 2.75) is 0 Å². The van der Waals surface area contributed by atoms with Crippen molar-refractivity contribution in [3.63, 3.8) is 0 Å². The highest BCUT2D eigenvalue weighted by molar-refractivity contribution is 5.70. The maximum Gasteiger partial charge on any atom is 0.270 e. The molecule has 0 saturated carbocycles. The molecule has 4 heteroatoms. The maximum absolute atomic E-state index is 10.6. The Labute approximate surface area is 92.0 Å². The van der Waals surface area contributed by atoms with E-state index in [1.807, 2.05) is 18.2 Å². The van der Waals surface area contributed by atoms with Crippen LogP contribution in [0.1, 0.15) is 11.1 Å². The van der Waals surface area contributed by atoms with Crippen molar-refractivity contribution in [3.05, 3.63) is 64.1 Å². The van der Waals surface area contributed by atoms with Crippen LogP contribution in [-0.4, -0.2) is 4.92 Å². The van der Waals surface area contributed by atoms with Gasteiger partial charge in [0.05, 0.1) is 17.4 Å². The third-order valence-electron chi connectivity index (χ3n) is 2.09. The second kappa shape index (κ2) is 4.44. The largest absolute Gasteiger partial charge is 0.472 e. The van der Waals surface area contributed by atoms with Gasteiger partial charge < -0.3 is 4.42 Å². The van der Waals surface area contributed by atoms with Crippen LogP contribution < -0.4 is 0 Å². The van der Waals surface area contributed by atoms with E-state index in [4.69, 9.17) is 4.42 Å². The molecular weight excluding hydrogens is 206 g/mol. The van der Waals surface area contributed by atoms with Gasteiger partial charge in [0.2, 0.25) is 0 Å². The average Bonchev–Trinajstić information content (AvgIpc) is 2.79. The zero-order valence-corrected chi connectivity index (χ0v) is 8.37. The topological polar surface area (TPSA) is 56.3 Å². The predicted octanol–water partition coefficient (Wildman–Crippen LogP) is 3.36. The Morgan fingerprint density at radius 3 is 2.69 bits per heavy atom. The summed E-state index contributed by atoms with van der Waals surface area (Å²) >= 11 is 0. The highest BCUT2D eigenvalue weighted by Crippen LogP contribution is 2.15.